The number of likely N-dealkylation sites (N-methyl/N-ethyl adjacent to an activating group) is 1. The number of esters is 2. The van der Waals surface area contributed by atoms with E-state index in [4.69, 9.17) is 18.5 Å². The maximum atomic E-state index is 12.7. The number of unbranched alkanes of at least 4 members (excludes halogenated alkanes) is 18. The first kappa shape index (κ1) is 58.5. The molecule has 0 aliphatic heterocycles. The molecule has 61 heavy (non-hydrogen) atoms. The van der Waals surface area contributed by atoms with Gasteiger partial charge in [-0.1, -0.05) is 177 Å². The van der Waals surface area contributed by atoms with Crippen molar-refractivity contribution in [1.82, 2.24) is 4.90 Å². The third-order valence-corrected chi connectivity index (χ3v) is 11.0. The number of carbonyl (C=O) groups excluding carboxylic acids is 2. The van der Waals surface area contributed by atoms with Crippen LogP contribution in [0.1, 0.15) is 194 Å². The quantitative estimate of drug-likeness (QED) is 0.0277. The molecule has 1 N–H and O–H groups in total. The summed E-state index contributed by atoms with van der Waals surface area (Å²) in [5.74, 6) is -0.903. The van der Waals surface area contributed by atoms with Gasteiger partial charge in [0.15, 0.2) is 6.10 Å². The number of nitrogens with zero attached hydrogens (tertiary/aromatic N) is 1. The summed E-state index contributed by atoms with van der Waals surface area (Å²) in [5, 5.41) is 0. The average molecular weight is 876 g/mol. The summed E-state index contributed by atoms with van der Waals surface area (Å²) in [5.41, 5.74) is 0. The van der Waals surface area contributed by atoms with Crippen molar-refractivity contribution in [1.29, 1.82) is 0 Å². The Morgan fingerprint density at radius 3 is 1.43 bits per heavy atom. The highest BCUT2D eigenvalue weighted by molar-refractivity contribution is 7.47. The monoisotopic (exact) mass is 876 g/mol. The van der Waals surface area contributed by atoms with Gasteiger partial charge in [-0.05, 0) is 91.1 Å². The van der Waals surface area contributed by atoms with Crippen molar-refractivity contribution in [3.8, 4) is 0 Å². The minimum atomic E-state index is -4.39. The molecule has 0 heterocycles. The van der Waals surface area contributed by atoms with Crippen molar-refractivity contribution < 1.29 is 37.6 Å². The van der Waals surface area contributed by atoms with Crippen LogP contribution in [-0.2, 0) is 32.7 Å². The third-order valence-electron chi connectivity index (χ3n) is 10.00. The van der Waals surface area contributed by atoms with Gasteiger partial charge in [-0.25, -0.2) is 4.57 Å². The Morgan fingerprint density at radius 1 is 0.508 bits per heavy atom. The summed E-state index contributed by atoms with van der Waals surface area (Å²) in [6, 6.07) is 0. The molecule has 0 amide bonds. The van der Waals surface area contributed by atoms with E-state index in [0.717, 1.165) is 44.9 Å². The molecule has 0 rings (SSSR count). The number of rotatable bonds is 44. The van der Waals surface area contributed by atoms with Gasteiger partial charge in [0.05, 0.1) is 13.2 Å². The van der Waals surface area contributed by atoms with Crippen molar-refractivity contribution in [2.75, 3.05) is 40.5 Å². The normalized spacial score (nSPS) is 13.9. The minimum Gasteiger partial charge on any atom is -0.462 e. The van der Waals surface area contributed by atoms with E-state index in [-0.39, 0.29) is 26.1 Å². The minimum absolute atomic E-state index is 0.00906. The lowest BCUT2D eigenvalue weighted by Gasteiger charge is -2.20. The Balaban J connectivity index is 4.35. The Morgan fingerprint density at radius 2 is 0.918 bits per heavy atom. The third kappa shape index (κ3) is 46.8. The van der Waals surface area contributed by atoms with E-state index in [1.165, 1.54) is 116 Å². The van der Waals surface area contributed by atoms with Crippen LogP contribution in [-0.4, -0.2) is 68.3 Å². The highest BCUT2D eigenvalue weighted by atomic mass is 31.2. The van der Waals surface area contributed by atoms with Crippen LogP contribution in [0.2, 0.25) is 0 Å². The molecule has 0 saturated carbocycles. The fraction of sp³-hybridized carbons (Fsp3) is 0.725. The van der Waals surface area contributed by atoms with Crippen molar-refractivity contribution in [2.24, 2.45) is 0 Å². The van der Waals surface area contributed by atoms with Gasteiger partial charge in [0.1, 0.15) is 6.61 Å². The standard InChI is InChI=1S/C51H90NO8P/c1-5-7-9-11-13-15-17-19-21-23-25-27-29-31-33-35-37-39-41-43-50(53)57-47-49(48-59-61(55,56)58-46-45-52(3)4)60-51(54)44-42-40-38-36-34-32-30-28-26-24-22-20-18-16-14-12-10-8-6-2/h14,16,19-22,26,28,32,34,38,40,49H,5-13,15,17-18,23-25,27,29-31,33,35-37,39,41-48H2,1-4H3,(H,55,56)/b16-14-,21-19-,22-20-,28-26-,34-32-,40-38-. The molecule has 0 aliphatic carbocycles. The lowest BCUT2D eigenvalue weighted by atomic mass is 10.1. The summed E-state index contributed by atoms with van der Waals surface area (Å²) in [4.78, 5) is 37.1. The van der Waals surface area contributed by atoms with Crippen molar-refractivity contribution >= 4 is 19.8 Å². The highest BCUT2D eigenvalue weighted by Gasteiger charge is 2.26. The zero-order valence-corrected chi connectivity index (χ0v) is 40.2. The van der Waals surface area contributed by atoms with Gasteiger partial charge in [0, 0.05) is 19.4 Å². The van der Waals surface area contributed by atoms with E-state index in [1.54, 1.807) is 0 Å². The Hall–Kier alpha value is -2.55. The molecule has 0 spiro atoms. The highest BCUT2D eigenvalue weighted by Crippen LogP contribution is 2.43. The summed E-state index contributed by atoms with van der Waals surface area (Å²) in [6.07, 6.45) is 55.4. The molecule has 2 unspecified atom stereocenters. The van der Waals surface area contributed by atoms with Crippen molar-refractivity contribution in [3.05, 3.63) is 72.9 Å². The van der Waals surface area contributed by atoms with Gasteiger partial charge < -0.3 is 19.3 Å². The zero-order chi connectivity index (χ0) is 44.8. The SMILES string of the molecule is CCCCC/C=C\C/C=C\C/C=C\C/C=C\C/C=C\CCC(=O)OC(COC(=O)CCCCCCCCCCC/C=C\CCCCCCCC)COP(=O)(O)OCCN(C)C. The molecular formula is C51H90NO8P. The fourth-order valence-corrected chi connectivity index (χ4v) is 6.99. The van der Waals surface area contributed by atoms with Crippen LogP contribution in [0, 0.1) is 0 Å². The second-order valence-electron chi connectivity index (χ2n) is 16.3. The van der Waals surface area contributed by atoms with E-state index in [2.05, 4.69) is 74.6 Å². The fourth-order valence-electron chi connectivity index (χ4n) is 6.25. The van der Waals surface area contributed by atoms with Crippen molar-refractivity contribution in [2.45, 2.75) is 200 Å². The van der Waals surface area contributed by atoms with Crippen LogP contribution in [0.5, 0.6) is 0 Å². The van der Waals surface area contributed by atoms with Crippen LogP contribution in [0.15, 0.2) is 72.9 Å². The molecule has 0 bridgehead atoms. The number of ether oxygens (including phenoxy) is 2. The van der Waals surface area contributed by atoms with Gasteiger partial charge in [0.25, 0.3) is 0 Å². The molecule has 0 aromatic heterocycles. The second-order valence-corrected chi connectivity index (χ2v) is 17.7. The second kappa shape index (κ2) is 45.5. The van der Waals surface area contributed by atoms with Gasteiger partial charge in [0.2, 0.25) is 0 Å². The Labute approximate surface area is 374 Å². The number of hydrogen-bond donors (Lipinski definition) is 1. The predicted octanol–water partition coefficient (Wildman–Crippen LogP) is 14.4. The topological polar surface area (TPSA) is 112 Å². The molecule has 0 aromatic carbocycles. The Kier molecular flexibility index (Phi) is 43.6. The Bertz CT molecular complexity index is 1240. The molecule has 9 nitrogen and oxygen atoms in total. The summed E-state index contributed by atoms with van der Waals surface area (Å²) >= 11 is 0. The molecule has 0 saturated heterocycles. The first-order valence-electron chi connectivity index (χ1n) is 24.2. The summed E-state index contributed by atoms with van der Waals surface area (Å²) in [6.45, 7) is 4.21. The molecular weight excluding hydrogens is 786 g/mol. The van der Waals surface area contributed by atoms with Gasteiger partial charge >= 0.3 is 19.8 Å². The molecule has 0 fully saturated rings. The smallest absolute Gasteiger partial charge is 0.462 e. The molecule has 352 valence electrons. The zero-order valence-electron chi connectivity index (χ0n) is 39.3. The van der Waals surface area contributed by atoms with E-state index >= 15 is 0 Å². The molecule has 0 aliphatic rings. The van der Waals surface area contributed by atoms with Crippen LogP contribution in [0.4, 0.5) is 0 Å². The first-order valence-corrected chi connectivity index (χ1v) is 25.7. The number of allylic oxidation sites excluding steroid dienone is 12. The van der Waals surface area contributed by atoms with E-state index in [1.807, 2.05) is 31.1 Å². The number of carbonyl (C=O) groups is 2. The van der Waals surface area contributed by atoms with E-state index < -0.39 is 32.5 Å². The first-order chi connectivity index (χ1) is 29.7. The largest absolute Gasteiger partial charge is 0.472 e. The predicted molar refractivity (Wildman–Crippen MR) is 257 cm³/mol. The van der Waals surface area contributed by atoms with Gasteiger partial charge in [-0.2, -0.15) is 0 Å². The number of hydrogen-bond acceptors (Lipinski definition) is 8. The molecule has 0 radical (unpaired) electrons. The maximum absolute atomic E-state index is 12.7. The van der Waals surface area contributed by atoms with Gasteiger partial charge in [-0.15, -0.1) is 0 Å². The van der Waals surface area contributed by atoms with Crippen molar-refractivity contribution in [3.63, 3.8) is 0 Å². The maximum Gasteiger partial charge on any atom is 0.472 e. The lowest BCUT2D eigenvalue weighted by Crippen LogP contribution is -2.29. The van der Waals surface area contributed by atoms with Crippen LogP contribution in [0.3, 0.4) is 0 Å². The van der Waals surface area contributed by atoms with E-state index in [9.17, 15) is 19.0 Å². The number of phosphoric acid groups is 1. The summed E-state index contributed by atoms with van der Waals surface area (Å²) in [7, 11) is -0.755. The molecule has 10 heteroatoms. The average Bonchev–Trinajstić information content (AvgIpc) is 3.23. The van der Waals surface area contributed by atoms with Crippen LogP contribution in [0.25, 0.3) is 0 Å². The lowest BCUT2D eigenvalue weighted by molar-refractivity contribution is -0.161. The van der Waals surface area contributed by atoms with E-state index in [0.29, 0.717) is 13.0 Å². The number of phosphoric ester groups is 1. The summed E-state index contributed by atoms with van der Waals surface area (Å²) < 4.78 is 33.5. The molecule has 2 atom stereocenters. The van der Waals surface area contributed by atoms with Crippen LogP contribution >= 0.6 is 7.82 Å². The van der Waals surface area contributed by atoms with Crippen LogP contribution < -0.4 is 0 Å². The van der Waals surface area contributed by atoms with Gasteiger partial charge in [-0.3, -0.25) is 18.6 Å². The molecule has 0 aromatic rings.